The van der Waals surface area contributed by atoms with Crippen molar-refractivity contribution in [2.45, 2.75) is 46.1 Å². The standard InChI is InChI=1S/C18H21N3O2/c1-12-7-8-15(9-13(12)2)19-17(22)11-21-18(23)10-14-5-3-4-6-16(14)20-21/h7-10H,3-6,11H2,1-2H3,(H,19,22). The van der Waals surface area contributed by atoms with Crippen LogP contribution in [0.2, 0.25) is 0 Å². The number of carbonyl (C=O) groups is 1. The summed E-state index contributed by atoms with van der Waals surface area (Å²) in [6, 6.07) is 7.39. The van der Waals surface area contributed by atoms with Gasteiger partial charge in [0.15, 0.2) is 0 Å². The third kappa shape index (κ3) is 3.50. The molecule has 1 aromatic carbocycles. The van der Waals surface area contributed by atoms with Crippen molar-refractivity contribution in [2.75, 3.05) is 5.32 Å². The Labute approximate surface area is 135 Å². The van der Waals surface area contributed by atoms with Gasteiger partial charge in [0.2, 0.25) is 5.91 Å². The van der Waals surface area contributed by atoms with E-state index in [-0.39, 0.29) is 18.0 Å². The molecule has 5 heteroatoms. The van der Waals surface area contributed by atoms with Crippen molar-refractivity contribution in [3.05, 3.63) is 57.0 Å². The van der Waals surface area contributed by atoms with Crippen LogP contribution >= 0.6 is 0 Å². The molecule has 0 spiro atoms. The molecule has 1 aromatic heterocycles. The molecule has 0 saturated carbocycles. The first-order chi connectivity index (χ1) is 11.0. The van der Waals surface area contributed by atoms with Crippen LogP contribution in [0.3, 0.4) is 0 Å². The lowest BCUT2D eigenvalue weighted by Gasteiger charge is -2.15. The number of aryl methyl sites for hydroxylation is 4. The van der Waals surface area contributed by atoms with Gasteiger partial charge in [-0.1, -0.05) is 6.07 Å². The van der Waals surface area contributed by atoms with Gasteiger partial charge in [0.1, 0.15) is 6.54 Å². The average Bonchev–Trinajstić information content (AvgIpc) is 2.51. The van der Waals surface area contributed by atoms with Crippen LogP contribution in [0.15, 0.2) is 29.1 Å². The van der Waals surface area contributed by atoms with Crippen molar-refractivity contribution in [3.8, 4) is 0 Å². The first-order valence-electron chi connectivity index (χ1n) is 8.00. The van der Waals surface area contributed by atoms with Crippen LogP contribution in [0.1, 0.15) is 35.2 Å². The smallest absolute Gasteiger partial charge is 0.267 e. The van der Waals surface area contributed by atoms with Crippen LogP contribution in [0.4, 0.5) is 5.69 Å². The van der Waals surface area contributed by atoms with Gasteiger partial charge in [-0.25, -0.2) is 4.68 Å². The number of carbonyl (C=O) groups excluding carboxylic acids is 1. The summed E-state index contributed by atoms with van der Waals surface area (Å²) in [5.41, 5.74) is 4.81. The molecule has 2 aromatic rings. The van der Waals surface area contributed by atoms with Gasteiger partial charge in [0.05, 0.1) is 5.69 Å². The number of aromatic nitrogens is 2. The third-order valence-corrected chi connectivity index (χ3v) is 4.36. The Morgan fingerprint density at radius 3 is 2.74 bits per heavy atom. The average molecular weight is 311 g/mol. The minimum absolute atomic E-state index is 0.0565. The lowest BCUT2D eigenvalue weighted by Crippen LogP contribution is -2.31. The Hall–Kier alpha value is -2.43. The van der Waals surface area contributed by atoms with E-state index in [4.69, 9.17) is 0 Å². The summed E-state index contributed by atoms with van der Waals surface area (Å²) in [7, 11) is 0. The van der Waals surface area contributed by atoms with Crippen LogP contribution < -0.4 is 10.9 Å². The van der Waals surface area contributed by atoms with Crippen LogP contribution in [0.25, 0.3) is 0 Å². The maximum Gasteiger partial charge on any atom is 0.267 e. The summed E-state index contributed by atoms with van der Waals surface area (Å²) in [6.07, 6.45) is 3.99. The zero-order valence-electron chi connectivity index (χ0n) is 13.6. The first kappa shape index (κ1) is 15.5. The number of fused-ring (bicyclic) bond motifs is 1. The van der Waals surface area contributed by atoms with E-state index in [1.807, 2.05) is 32.0 Å². The van der Waals surface area contributed by atoms with Crippen LogP contribution in [-0.4, -0.2) is 15.7 Å². The molecule has 0 unspecified atom stereocenters. The Kier molecular flexibility index (Phi) is 4.28. The van der Waals surface area contributed by atoms with E-state index in [0.29, 0.717) is 0 Å². The Bertz CT molecular complexity index is 808. The van der Waals surface area contributed by atoms with Crippen LogP contribution in [-0.2, 0) is 24.2 Å². The summed E-state index contributed by atoms with van der Waals surface area (Å²) in [4.78, 5) is 24.3. The summed E-state index contributed by atoms with van der Waals surface area (Å²) in [5.74, 6) is -0.237. The van der Waals surface area contributed by atoms with Gasteiger partial charge in [0, 0.05) is 11.8 Å². The van der Waals surface area contributed by atoms with Gasteiger partial charge >= 0.3 is 0 Å². The fraction of sp³-hybridized carbons (Fsp3) is 0.389. The molecule has 23 heavy (non-hydrogen) atoms. The topological polar surface area (TPSA) is 64.0 Å². The minimum Gasteiger partial charge on any atom is -0.324 e. The number of benzene rings is 1. The van der Waals surface area contributed by atoms with Gasteiger partial charge in [-0.2, -0.15) is 5.10 Å². The molecular weight excluding hydrogens is 290 g/mol. The molecule has 1 heterocycles. The monoisotopic (exact) mass is 311 g/mol. The zero-order valence-corrected chi connectivity index (χ0v) is 13.6. The molecule has 1 N–H and O–H groups in total. The molecule has 1 aliphatic carbocycles. The molecule has 0 atom stereocenters. The van der Waals surface area contributed by atoms with E-state index in [1.54, 1.807) is 6.07 Å². The van der Waals surface area contributed by atoms with Gasteiger partial charge < -0.3 is 5.32 Å². The zero-order chi connectivity index (χ0) is 16.4. The predicted octanol–water partition coefficient (Wildman–Crippen LogP) is 2.38. The van der Waals surface area contributed by atoms with Crippen molar-refractivity contribution >= 4 is 11.6 Å². The number of hydrogen-bond donors (Lipinski definition) is 1. The van der Waals surface area contributed by atoms with E-state index >= 15 is 0 Å². The maximum absolute atomic E-state index is 12.2. The molecule has 5 nitrogen and oxygen atoms in total. The fourth-order valence-electron chi connectivity index (χ4n) is 2.87. The minimum atomic E-state index is -0.237. The number of nitrogens with one attached hydrogen (secondary N) is 1. The van der Waals surface area contributed by atoms with Crippen molar-refractivity contribution in [1.82, 2.24) is 9.78 Å². The Morgan fingerprint density at radius 2 is 1.96 bits per heavy atom. The molecule has 120 valence electrons. The van der Waals surface area contributed by atoms with E-state index in [2.05, 4.69) is 10.4 Å². The number of rotatable bonds is 3. The van der Waals surface area contributed by atoms with Gasteiger partial charge in [-0.3, -0.25) is 9.59 Å². The highest BCUT2D eigenvalue weighted by Crippen LogP contribution is 2.17. The van der Waals surface area contributed by atoms with Crippen molar-refractivity contribution in [1.29, 1.82) is 0 Å². The lowest BCUT2D eigenvalue weighted by molar-refractivity contribution is -0.117. The molecule has 0 bridgehead atoms. The highest BCUT2D eigenvalue weighted by atomic mass is 16.2. The van der Waals surface area contributed by atoms with E-state index in [9.17, 15) is 9.59 Å². The predicted molar refractivity (Wildman–Crippen MR) is 89.7 cm³/mol. The molecule has 0 fully saturated rings. The normalized spacial score (nSPS) is 13.5. The number of anilines is 1. The Balaban J connectivity index is 1.75. The third-order valence-electron chi connectivity index (χ3n) is 4.36. The first-order valence-corrected chi connectivity index (χ1v) is 8.00. The second-order valence-electron chi connectivity index (χ2n) is 6.17. The molecule has 3 rings (SSSR count). The maximum atomic E-state index is 12.2. The highest BCUT2D eigenvalue weighted by molar-refractivity contribution is 5.90. The number of nitrogens with zero attached hydrogens (tertiary/aromatic N) is 2. The largest absolute Gasteiger partial charge is 0.324 e. The SMILES string of the molecule is Cc1ccc(NC(=O)Cn2nc3c(cc2=O)CCCC3)cc1C. The second-order valence-corrected chi connectivity index (χ2v) is 6.17. The van der Waals surface area contributed by atoms with Gasteiger partial charge in [-0.15, -0.1) is 0 Å². The quantitative estimate of drug-likeness (QED) is 0.946. The summed E-state index contributed by atoms with van der Waals surface area (Å²) in [6.45, 7) is 3.97. The molecule has 0 saturated heterocycles. The van der Waals surface area contributed by atoms with E-state index < -0.39 is 0 Å². The molecule has 0 radical (unpaired) electrons. The number of hydrogen-bond acceptors (Lipinski definition) is 3. The van der Waals surface area contributed by atoms with Crippen molar-refractivity contribution in [3.63, 3.8) is 0 Å². The van der Waals surface area contributed by atoms with Gasteiger partial charge in [0.25, 0.3) is 5.56 Å². The molecule has 1 aliphatic rings. The summed E-state index contributed by atoms with van der Waals surface area (Å²) >= 11 is 0. The fourth-order valence-corrected chi connectivity index (χ4v) is 2.87. The molecule has 0 aliphatic heterocycles. The molecular formula is C18H21N3O2. The van der Waals surface area contributed by atoms with Crippen LogP contribution in [0, 0.1) is 13.8 Å². The van der Waals surface area contributed by atoms with Gasteiger partial charge in [-0.05, 0) is 68.4 Å². The van der Waals surface area contributed by atoms with Crippen molar-refractivity contribution < 1.29 is 4.79 Å². The molecule has 1 amide bonds. The van der Waals surface area contributed by atoms with E-state index in [0.717, 1.165) is 48.2 Å². The van der Waals surface area contributed by atoms with Crippen LogP contribution in [0.5, 0.6) is 0 Å². The van der Waals surface area contributed by atoms with Crippen molar-refractivity contribution in [2.24, 2.45) is 0 Å². The summed E-state index contributed by atoms with van der Waals surface area (Å²) in [5, 5.41) is 7.20. The Morgan fingerprint density at radius 1 is 1.17 bits per heavy atom. The summed E-state index contributed by atoms with van der Waals surface area (Å²) < 4.78 is 1.26. The lowest BCUT2D eigenvalue weighted by atomic mass is 9.97. The highest BCUT2D eigenvalue weighted by Gasteiger charge is 2.14. The van der Waals surface area contributed by atoms with E-state index in [1.165, 1.54) is 10.2 Å². The number of amides is 1. The second kappa shape index (κ2) is 6.36.